The number of furan rings is 1. The molecule has 1 unspecified atom stereocenters. The fraction of sp³-hybridized carbons (Fsp3) is 0. The van der Waals surface area contributed by atoms with E-state index < -0.39 is 8.07 Å². The molecule has 0 fully saturated rings. The van der Waals surface area contributed by atoms with Crippen LogP contribution in [0.1, 0.15) is 0 Å². The maximum absolute atomic E-state index is 7.14. The Morgan fingerprint density at radius 3 is 1.64 bits per heavy atom. The third-order valence-corrected chi connectivity index (χ3v) is 19.4. The summed E-state index contributed by atoms with van der Waals surface area (Å²) in [6, 6.07) is 95.2. The van der Waals surface area contributed by atoms with E-state index in [1.807, 2.05) is 12.1 Å². The van der Waals surface area contributed by atoms with Gasteiger partial charge in [-0.05, 0) is 126 Å². The van der Waals surface area contributed by atoms with Gasteiger partial charge in [-0.25, -0.2) is 0 Å². The number of rotatable bonds is 7. The Labute approximate surface area is 406 Å². The van der Waals surface area contributed by atoms with Gasteiger partial charge in [-0.3, -0.25) is 0 Å². The zero-order chi connectivity index (χ0) is 46.2. The zero-order valence-corrected chi connectivity index (χ0v) is 39.1. The molecule has 1 atom stereocenters. The highest BCUT2D eigenvalue weighted by Gasteiger charge is 2.49. The fourth-order valence-electron chi connectivity index (χ4n) is 11.4. The second-order valence-corrected chi connectivity index (χ2v) is 22.1. The van der Waals surface area contributed by atoms with Crippen LogP contribution >= 0.6 is 0 Å². The van der Waals surface area contributed by atoms with Crippen LogP contribution < -0.4 is 25.5 Å². The Hall–Kier alpha value is -8.96. The molecule has 13 aromatic rings. The van der Waals surface area contributed by atoms with Crippen molar-refractivity contribution in [2.24, 2.45) is 0 Å². The Bertz CT molecular complexity index is 4110. The lowest BCUT2D eigenvalue weighted by Crippen LogP contribution is -2.76. The van der Waals surface area contributed by atoms with Crippen molar-refractivity contribution in [3.8, 4) is 61.7 Å². The Kier molecular flexibility index (Phi) is 9.23. The van der Waals surface area contributed by atoms with Gasteiger partial charge in [0.2, 0.25) is 0 Å². The molecule has 0 radical (unpaired) electrons. The summed E-state index contributed by atoms with van der Waals surface area (Å²) in [7, 11) is -3.20. The molecule has 1 aliphatic heterocycles. The second-order valence-electron chi connectivity index (χ2n) is 18.4. The summed E-state index contributed by atoms with van der Waals surface area (Å²) in [5, 5.41) is 9.76. The number of aromatic nitrogens is 1. The monoisotopic (exact) mass is 909 g/mol. The smallest absolute Gasteiger partial charge is 0.188 e. The van der Waals surface area contributed by atoms with Crippen molar-refractivity contribution in [1.82, 2.24) is 4.57 Å². The molecule has 0 aliphatic carbocycles. The summed E-state index contributed by atoms with van der Waals surface area (Å²) in [5.74, 6) is 1.78. The zero-order valence-electron chi connectivity index (χ0n) is 38.1. The summed E-state index contributed by atoms with van der Waals surface area (Å²) >= 11 is 0. The molecule has 14 rings (SSSR count). The van der Waals surface area contributed by atoms with Crippen LogP contribution in [0.3, 0.4) is 0 Å². The maximum atomic E-state index is 7.14. The molecular formula is C66H43NO2Si. The van der Waals surface area contributed by atoms with Crippen LogP contribution in [0.2, 0.25) is 0 Å². The molecular weight excluding hydrogens is 867 g/mol. The first kappa shape index (κ1) is 40.1. The highest BCUT2D eigenvalue weighted by atomic mass is 28.3. The van der Waals surface area contributed by atoms with E-state index in [2.05, 4.69) is 253 Å². The largest absolute Gasteiger partial charge is 0.458 e. The molecule has 0 bridgehead atoms. The van der Waals surface area contributed by atoms with Gasteiger partial charge in [0, 0.05) is 27.2 Å². The SMILES string of the molecule is c1ccc(-c2cccc(-c3ccc([Si]4(c5ccccc5-c5cccc(-n6c7ccccc7c7ccccc76)c5)c5ccccc5Oc5cc(-c6ccc7oc8ccccc8c7c6)ccc54)cc3)c2)cc1. The number of benzene rings is 11. The van der Waals surface area contributed by atoms with Crippen LogP contribution in [0.15, 0.2) is 265 Å². The minimum Gasteiger partial charge on any atom is -0.458 e. The van der Waals surface area contributed by atoms with Gasteiger partial charge in [-0.2, -0.15) is 0 Å². The van der Waals surface area contributed by atoms with E-state index in [4.69, 9.17) is 9.15 Å². The third kappa shape index (κ3) is 6.27. The van der Waals surface area contributed by atoms with Gasteiger partial charge in [0.15, 0.2) is 8.07 Å². The van der Waals surface area contributed by atoms with Crippen molar-refractivity contribution in [1.29, 1.82) is 0 Å². The van der Waals surface area contributed by atoms with Gasteiger partial charge < -0.3 is 13.7 Å². The lowest BCUT2D eigenvalue weighted by molar-refractivity contribution is 0.487. The van der Waals surface area contributed by atoms with E-state index in [1.165, 1.54) is 75.9 Å². The number of para-hydroxylation sites is 4. The quantitative estimate of drug-likeness (QED) is 0.149. The minimum absolute atomic E-state index is 0.883. The van der Waals surface area contributed by atoms with Gasteiger partial charge in [-0.1, -0.05) is 200 Å². The normalized spacial score (nSPS) is 14.2. The number of fused-ring (bicyclic) bond motifs is 8. The topological polar surface area (TPSA) is 27.3 Å². The van der Waals surface area contributed by atoms with Crippen molar-refractivity contribution in [3.63, 3.8) is 0 Å². The first-order valence-electron chi connectivity index (χ1n) is 24.0. The van der Waals surface area contributed by atoms with Crippen LogP contribution in [-0.2, 0) is 0 Å². The van der Waals surface area contributed by atoms with Gasteiger partial charge in [0.05, 0.1) is 11.0 Å². The Morgan fingerprint density at radius 1 is 0.300 bits per heavy atom. The van der Waals surface area contributed by atoms with Gasteiger partial charge in [-0.15, -0.1) is 0 Å². The van der Waals surface area contributed by atoms with Crippen molar-refractivity contribution in [2.75, 3.05) is 0 Å². The average Bonchev–Trinajstić information content (AvgIpc) is 3.99. The lowest BCUT2D eigenvalue weighted by Gasteiger charge is -2.40. The predicted molar refractivity (Wildman–Crippen MR) is 293 cm³/mol. The molecule has 328 valence electrons. The summed E-state index contributed by atoms with van der Waals surface area (Å²) in [6.45, 7) is 0. The van der Waals surface area contributed by atoms with Crippen LogP contribution in [-0.4, -0.2) is 12.6 Å². The van der Waals surface area contributed by atoms with Gasteiger partial charge >= 0.3 is 0 Å². The summed E-state index contributed by atoms with van der Waals surface area (Å²) in [6.07, 6.45) is 0. The van der Waals surface area contributed by atoms with Crippen molar-refractivity contribution < 1.29 is 9.15 Å². The third-order valence-electron chi connectivity index (χ3n) is 14.6. The number of nitrogens with zero attached hydrogens (tertiary/aromatic N) is 1. The van der Waals surface area contributed by atoms with E-state index in [0.717, 1.165) is 50.3 Å². The summed E-state index contributed by atoms with van der Waals surface area (Å²) in [5.41, 5.74) is 14.6. The molecule has 4 heteroatoms. The Morgan fingerprint density at radius 2 is 0.843 bits per heavy atom. The van der Waals surface area contributed by atoms with Crippen LogP contribution in [0, 0.1) is 0 Å². The number of ether oxygens (including phenoxy) is 1. The van der Waals surface area contributed by atoms with Gasteiger partial charge in [0.1, 0.15) is 22.7 Å². The molecule has 1 aliphatic rings. The van der Waals surface area contributed by atoms with E-state index in [1.54, 1.807) is 0 Å². The minimum atomic E-state index is -3.20. The molecule has 3 nitrogen and oxygen atoms in total. The van der Waals surface area contributed by atoms with Crippen molar-refractivity contribution in [3.05, 3.63) is 261 Å². The molecule has 3 heterocycles. The first-order valence-corrected chi connectivity index (χ1v) is 26.0. The first-order chi connectivity index (χ1) is 34.7. The molecule has 0 N–H and O–H groups in total. The van der Waals surface area contributed by atoms with Gasteiger partial charge in [0.25, 0.3) is 0 Å². The molecule has 0 saturated heterocycles. The average molecular weight is 910 g/mol. The maximum Gasteiger partial charge on any atom is 0.188 e. The molecule has 0 amide bonds. The standard InChI is InChI=1S/C66H43NO2Si/c1-2-16-44(17-3-1)46-18-14-19-47(40-46)45-32-36-52(37-33-45)70(64-30-12-7-22-53(64)50-20-15-21-51(41-50)67-58-26-8-4-23-54(58)55-24-5-9-27-59(55)67)65-31-13-11-29-62(65)69-63-43-49(35-39-66(63)70)48-34-38-61-57(42-48)56-25-6-10-28-60(56)68-61/h1-43H. The molecule has 0 spiro atoms. The second kappa shape index (κ2) is 16.1. The van der Waals surface area contributed by atoms with Crippen LogP contribution in [0.25, 0.3) is 93.9 Å². The Balaban J connectivity index is 0.990. The predicted octanol–water partition coefficient (Wildman–Crippen LogP) is 14.8. The van der Waals surface area contributed by atoms with Crippen LogP contribution in [0.5, 0.6) is 11.5 Å². The van der Waals surface area contributed by atoms with Crippen LogP contribution in [0.4, 0.5) is 0 Å². The summed E-state index contributed by atoms with van der Waals surface area (Å²) in [4.78, 5) is 0. The highest BCUT2D eigenvalue weighted by Crippen LogP contribution is 2.39. The molecule has 70 heavy (non-hydrogen) atoms. The highest BCUT2D eigenvalue weighted by molar-refractivity contribution is 7.21. The summed E-state index contributed by atoms with van der Waals surface area (Å²) < 4.78 is 15.8. The van der Waals surface area contributed by atoms with E-state index in [0.29, 0.717) is 0 Å². The number of hydrogen-bond acceptors (Lipinski definition) is 2. The van der Waals surface area contributed by atoms with Crippen molar-refractivity contribution in [2.45, 2.75) is 0 Å². The number of hydrogen-bond donors (Lipinski definition) is 0. The molecule has 11 aromatic carbocycles. The fourth-order valence-corrected chi connectivity index (χ4v) is 16.5. The van der Waals surface area contributed by atoms with E-state index in [9.17, 15) is 0 Å². The van der Waals surface area contributed by atoms with Crippen molar-refractivity contribution >= 4 is 72.6 Å². The van der Waals surface area contributed by atoms with E-state index >= 15 is 0 Å². The lowest BCUT2D eigenvalue weighted by atomic mass is 9.99. The van der Waals surface area contributed by atoms with E-state index in [-0.39, 0.29) is 0 Å². The molecule has 0 saturated carbocycles. The molecule has 2 aromatic heterocycles.